The summed E-state index contributed by atoms with van der Waals surface area (Å²) in [5, 5.41) is 10.3. The molecule has 0 radical (unpaired) electrons. The standard InChI is InChI=1S/C15H21N3O/c1-3-7-12(16)14(19)13-10(2)17-15(18-13)11-8-5-4-6-9-11/h4-6,8-9,12,14,19H,3,7,16H2,1-2H3,(H,17,18). The molecule has 0 saturated carbocycles. The number of rotatable bonds is 5. The predicted molar refractivity (Wildman–Crippen MR) is 76.6 cm³/mol. The van der Waals surface area contributed by atoms with Gasteiger partial charge in [0, 0.05) is 17.3 Å². The molecule has 19 heavy (non-hydrogen) atoms. The molecule has 4 nitrogen and oxygen atoms in total. The Hall–Kier alpha value is -1.65. The maximum absolute atomic E-state index is 10.3. The van der Waals surface area contributed by atoms with Gasteiger partial charge in [0.1, 0.15) is 11.9 Å². The Morgan fingerprint density at radius 3 is 2.63 bits per heavy atom. The van der Waals surface area contributed by atoms with Crippen LogP contribution in [0.15, 0.2) is 30.3 Å². The molecular formula is C15H21N3O. The minimum atomic E-state index is -0.714. The number of aromatic nitrogens is 2. The average molecular weight is 259 g/mol. The van der Waals surface area contributed by atoms with Crippen molar-refractivity contribution in [2.45, 2.75) is 38.8 Å². The molecule has 2 rings (SSSR count). The molecule has 2 unspecified atom stereocenters. The van der Waals surface area contributed by atoms with Gasteiger partial charge in [0.15, 0.2) is 0 Å². The van der Waals surface area contributed by atoms with E-state index in [0.717, 1.165) is 29.9 Å². The van der Waals surface area contributed by atoms with Crippen molar-refractivity contribution in [1.82, 2.24) is 9.97 Å². The highest BCUT2D eigenvalue weighted by Crippen LogP contribution is 2.24. The van der Waals surface area contributed by atoms with Gasteiger partial charge in [-0.2, -0.15) is 0 Å². The van der Waals surface area contributed by atoms with Gasteiger partial charge in [-0.1, -0.05) is 43.7 Å². The van der Waals surface area contributed by atoms with E-state index in [-0.39, 0.29) is 6.04 Å². The van der Waals surface area contributed by atoms with Crippen LogP contribution in [0.1, 0.15) is 37.3 Å². The third kappa shape index (κ3) is 3.03. The van der Waals surface area contributed by atoms with Crippen molar-refractivity contribution < 1.29 is 5.11 Å². The number of hydrogen-bond donors (Lipinski definition) is 3. The normalized spacial score (nSPS) is 14.3. The third-order valence-electron chi connectivity index (χ3n) is 3.28. The van der Waals surface area contributed by atoms with Gasteiger partial charge in [-0.15, -0.1) is 0 Å². The molecule has 0 aliphatic rings. The first-order valence-corrected chi connectivity index (χ1v) is 6.69. The lowest BCUT2D eigenvalue weighted by atomic mass is 10.0. The number of hydrogen-bond acceptors (Lipinski definition) is 3. The Bertz CT molecular complexity index is 521. The molecule has 1 aromatic heterocycles. The molecule has 0 aliphatic carbocycles. The highest BCUT2D eigenvalue weighted by Gasteiger charge is 2.21. The van der Waals surface area contributed by atoms with Gasteiger partial charge < -0.3 is 15.8 Å². The second-order valence-electron chi connectivity index (χ2n) is 4.86. The minimum Gasteiger partial charge on any atom is -0.385 e. The number of aliphatic hydroxyl groups is 1. The van der Waals surface area contributed by atoms with E-state index in [2.05, 4.69) is 16.9 Å². The summed E-state index contributed by atoms with van der Waals surface area (Å²) in [6, 6.07) is 9.60. The quantitative estimate of drug-likeness (QED) is 0.772. The predicted octanol–water partition coefficient (Wildman–Crippen LogP) is 2.55. The number of nitrogens with two attached hydrogens (primary N) is 1. The largest absolute Gasteiger partial charge is 0.385 e. The van der Waals surface area contributed by atoms with Crippen molar-refractivity contribution >= 4 is 0 Å². The summed E-state index contributed by atoms with van der Waals surface area (Å²) in [5.41, 5.74) is 8.51. The average Bonchev–Trinajstić information content (AvgIpc) is 2.81. The zero-order valence-electron chi connectivity index (χ0n) is 11.4. The van der Waals surface area contributed by atoms with E-state index in [0.29, 0.717) is 5.69 Å². The Morgan fingerprint density at radius 2 is 2.00 bits per heavy atom. The first kappa shape index (κ1) is 13.8. The minimum absolute atomic E-state index is 0.268. The maximum atomic E-state index is 10.3. The lowest BCUT2D eigenvalue weighted by Gasteiger charge is -2.16. The number of benzene rings is 1. The van der Waals surface area contributed by atoms with Gasteiger partial charge in [-0.25, -0.2) is 4.98 Å². The number of nitrogens with zero attached hydrogens (tertiary/aromatic N) is 1. The molecule has 0 saturated heterocycles. The zero-order valence-corrected chi connectivity index (χ0v) is 11.4. The lowest BCUT2D eigenvalue weighted by Crippen LogP contribution is -2.28. The summed E-state index contributed by atoms with van der Waals surface area (Å²) in [6.07, 6.45) is 1.02. The van der Waals surface area contributed by atoms with E-state index in [1.807, 2.05) is 37.3 Å². The van der Waals surface area contributed by atoms with E-state index in [9.17, 15) is 5.11 Å². The van der Waals surface area contributed by atoms with Crippen LogP contribution < -0.4 is 5.73 Å². The number of H-pyrrole nitrogens is 1. The van der Waals surface area contributed by atoms with Crippen LogP contribution in [0, 0.1) is 6.92 Å². The number of aryl methyl sites for hydroxylation is 1. The molecule has 102 valence electrons. The van der Waals surface area contributed by atoms with Crippen molar-refractivity contribution in [3.63, 3.8) is 0 Å². The van der Waals surface area contributed by atoms with Crippen LogP contribution in [0.3, 0.4) is 0 Å². The zero-order chi connectivity index (χ0) is 13.8. The Balaban J connectivity index is 2.26. The fraction of sp³-hybridized carbons (Fsp3) is 0.400. The number of nitrogens with one attached hydrogen (secondary N) is 1. The van der Waals surface area contributed by atoms with E-state index in [1.54, 1.807) is 0 Å². The molecule has 2 aromatic rings. The van der Waals surface area contributed by atoms with E-state index >= 15 is 0 Å². The maximum Gasteiger partial charge on any atom is 0.137 e. The van der Waals surface area contributed by atoms with E-state index in [1.165, 1.54) is 0 Å². The topological polar surface area (TPSA) is 74.9 Å². The SMILES string of the molecule is CCCC(N)C(O)c1nc(-c2ccccc2)[nH]c1C. The third-order valence-corrected chi connectivity index (χ3v) is 3.28. The first-order valence-electron chi connectivity index (χ1n) is 6.69. The summed E-state index contributed by atoms with van der Waals surface area (Å²) < 4.78 is 0. The molecule has 4 heteroatoms. The number of aromatic amines is 1. The molecule has 4 N–H and O–H groups in total. The Kier molecular flexibility index (Phi) is 4.35. The van der Waals surface area contributed by atoms with Gasteiger partial charge in [0.05, 0.1) is 5.69 Å². The Morgan fingerprint density at radius 1 is 1.32 bits per heavy atom. The van der Waals surface area contributed by atoms with Crippen LogP contribution in [0.2, 0.25) is 0 Å². The molecule has 1 aromatic carbocycles. The van der Waals surface area contributed by atoms with Gasteiger partial charge >= 0.3 is 0 Å². The van der Waals surface area contributed by atoms with Crippen LogP contribution >= 0.6 is 0 Å². The molecular weight excluding hydrogens is 238 g/mol. The van der Waals surface area contributed by atoms with E-state index < -0.39 is 6.10 Å². The fourth-order valence-corrected chi connectivity index (χ4v) is 2.19. The van der Waals surface area contributed by atoms with Gasteiger partial charge in [0.25, 0.3) is 0 Å². The van der Waals surface area contributed by atoms with Crippen molar-refractivity contribution in [2.24, 2.45) is 5.73 Å². The highest BCUT2D eigenvalue weighted by molar-refractivity contribution is 5.55. The van der Waals surface area contributed by atoms with Crippen molar-refractivity contribution in [2.75, 3.05) is 0 Å². The van der Waals surface area contributed by atoms with Crippen LogP contribution in [-0.2, 0) is 0 Å². The van der Waals surface area contributed by atoms with Crippen molar-refractivity contribution in [3.8, 4) is 11.4 Å². The number of imidazole rings is 1. The first-order chi connectivity index (χ1) is 9.13. The van der Waals surface area contributed by atoms with Crippen LogP contribution in [0.25, 0.3) is 11.4 Å². The van der Waals surface area contributed by atoms with Gasteiger partial charge in [-0.3, -0.25) is 0 Å². The highest BCUT2D eigenvalue weighted by atomic mass is 16.3. The molecule has 0 amide bonds. The molecule has 0 spiro atoms. The van der Waals surface area contributed by atoms with Gasteiger partial charge in [-0.05, 0) is 13.3 Å². The molecule has 1 heterocycles. The fourth-order valence-electron chi connectivity index (χ4n) is 2.19. The van der Waals surface area contributed by atoms with Gasteiger partial charge in [0.2, 0.25) is 0 Å². The molecule has 0 aliphatic heterocycles. The summed E-state index contributed by atoms with van der Waals surface area (Å²) in [7, 11) is 0. The smallest absolute Gasteiger partial charge is 0.137 e. The monoisotopic (exact) mass is 259 g/mol. The van der Waals surface area contributed by atoms with E-state index in [4.69, 9.17) is 5.73 Å². The molecule has 0 bridgehead atoms. The number of aliphatic hydroxyl groups excluding tert-OH is 1. The second-order valence-corrected chi connectivity index (χ2v) is 4.86. The lowest BCUT2D eigenvalue weighted by molar-refractivity contribution is 0.137. The van der Waals surface area contributed by atoms with Crippen LogP contribution in [0.4, 0.5) is 0 Å². The summed E-state index contributed by atoms with van der Waals surface area (Å²) in [4.78, 5) is 7.71. The second kappa shape index (κ2) is 5.99. The Labute approximate surface area is 113 Å². The molecule has 2 atom stereocenters. The van der Waals surface area contributed by atoms with Crippen molar-refractivity contribution in [3.05, 3.63) is 41.7 Å². The van der Waals surface area contributed by atoms with Crippen molar-refractivity contribution in [1.29, 1.82) is 0 Å². The van der Waals surface area contributed by atoms with Crippen LogP contribution in [0.5, 0.6) is 0 Å². The van der Waals surface area contributed by atoms with Crippen LogP contribution in [-0.4, -0.2) is 21.1 Å². The summed E-state index contributed by atoms with van der Waals surface area (Å²) >= 11 is 0. The molecule has 0 fully saturated rings. The summed E-state index contributed by atoms with van der Waals surface area (Å²) in [6.45, 7) is 3.97. The summed E-state index contributed by atoms with van der Waals surface area (Å²) in [5.74, 6) is 0.774.